The van der Waals surface area contributed by atoms with Crippen molar-refractivity contribution >= 4 is 22.6 Å². The lowest BCUT2D eigenvalue weighted by Gasteiger charge is -2.34. The first-order valence-corrected chi connectivity index (χ1v) is 12.3. The van der Waals surface area contributed by atoms with Gasteiger partial charge in [-0.1, -0.05) is 30.8 Å². The zero-order valence-corrected chi connectivity index (χ0v) is 19.1. The van der Waals surface area contributed by atoms with Gasteiger partial charge in [-0.05, 0) is 31.5 Å². The average Bonchev–Trinajstić information content (AvgIpc) is 3.40. The van der Waals surface area contributed by atoms with E-state index in [1.54, 1.807) is 0 Å². The topological polar surface area (TPSA) is 50.2 Å². The van der Waals surface area contributed by atoms with Crippen LogP contribution in [0, 0.1) is 0 Å². The number of benzene rings is 1. The van der Waals surface area contributed by atoms with Crippen LogP contribution in [0.1, 0.15) is 43.6 Å². The number of morpholine rings is 1. The van der Waals surface area contributed by atoms with E-state index in [0.29, 0.717) is 12.6 Å². The quantitative estimate of drug-likeness (QED) is 0.670. The molecule has 3 aliphatic rings. The van der Waals surface area contributed by atoms with Crippen molar-refractivity contribution in [3.63, 3.8) is 0 Å². The lowest BCUT2D eigenvalue weighted by Crippen LogP contribution is -2.37. The fourth-order valence-electron chi connectivity index (χ4n) is 4.75. The summed E-state index contributed by atoms with van der Waals surface area (Å²) in [5, 5.41) is 1.15. The van der Waals surface area contributed by atoms with Gasteiger partial charge in [-0.2, -0.15) is 0 Å². The molecule has 0 saturated carbocycles. The Hall–Kier alpha value is -2.25. The first-order valence-electron chi connectivity index (χ1n) is 11.3. The van der Waals surface area contributed by atoms with Gasteiger partial charge in [-0.25, -0.2) is 0 Å². The molecule has 2 fully saturated rings. The van der Waals surface area contributed by atoms with Crippen LogP contribution in [0.4, 0.5) is 5.69 Å². The Balaban J connectivity index is 1.56. The van der Waals surface area contributed by atoms with Gasteiger partial charge in [-0.15, -0.1) is 0 Å². The molecule has 31 heavy (non-hydrogen) atoms. The molecule has 1 aromatic carbocycles. The van der Waals surface area contributed by atoms with Crippen molar-refractivity contribution in [3.05, 3.63) is 53.9 Å². The van der Waals surface area contributed by atoms with Crippen molar-refractivity contribution in [2.24, 2.45) is 4.99 Å². The van der Waals surface area contributed by atoms with Crippen LogP contribution in [0.25, 0.3) is 0 Å². The fourth-order valence-corrected chi connectivity index (χ4v) is 6.09. The van der Waals surface area contributed by atoms with Gasteiger partial charge in [0.1, 0.15) is 11.8 Å². The fraction of sp³-hybridized carbons (Fsp3) is 0.500. The number of amidine groups is 1. The highest BCUT2D eigenvalue weighted by Crippen LogP contribution is 2.50. The summed E-state index contributed by atoms with van der Waals surface area (Å²) < 4.78 is 11.8. The van der Waals surface area contributed by atoms with Crippen LogP contribution in [0.2, 0.25) is 0 Å². The second-order valence-electron chi connectivity index (χ2n) is 8.09. The van der Waals surface area contributed by atoms with E-state index in [9.17, 15) is 0 Å². The summed E-state index contributed by atoms with van der Waals surface area (Å²) >= 11 is 1.87. The van der Waals surface area contributed by atoms with Gasteiger partial charge in [-0.3, -0.25) is 9.98 Å². The predicted molar refractivity (Wildman–Crippen MR) is 126 cm³/mol. The third kappa shape index (κ3) is 3.89. The van der Waals surface area contributed by atoms with E-state index in [-0.39, 0.29) is 12.1 Å². The molecular weight excluding hydrogens is 408 g/mol. The number of hydrogen-bond acceptors (Lipinski definition) is 7. The molecule has 0 spiro atoms. The van der Waals surface area contributed by atoms with E-state index in [4.69, 9.17) is 14.5 Å². The number of anilines is 1. The standard InChI is InChI=1S/C24H30N4O2S/c1-3-17-16-31-24-26-22(20-7-5-6-10-25-20)23(28(17)24)19-9-8-18(15-21(19)30-4-2)27-11-13-29-14-12-27/h5-10,15,17,22-23H,3-4,11-14,16H2,1-2H3/t17-,22-,23+/m0/s1. The van der Waals surface area contributed by atoms with Crippen LogP contribution >= 0.6 is 11.8 Å². The number of aliphatic imine (C=N–C) groups is 1. The Labute approximate surface area is 188 Å². The van der Waals surface area contributed by atoms with Gasteiger partial charge in [0.25, 0.3) is 0 Å². The highest BCUT2D eigenvalue weighted by atomic mass is 32.2. The van der Waals surface area contributed by atoms with E-state index >= 15 is 0 Å². The Bertz CT molecular complexity index is 932. The van der Waals surface area contributed by atoms with E-state index in [1.165, 1.54) is 11.3 Å². The molecule has 2 saturated heterocycles. The number of rotatable bonds is 6. The summed E-state index contributed by atoms with van der Waals surface area (Å²) in [6.45, 7) is 8.34. The van der Waals surface area contributed by atoms with Gasteiger partial charge in [0, 0.05) is 48.4 Å². The van der Waals surface area contributed by atoms with E-state index in [2.05, 4.69) is 59.0 Å². The molecule has 3 aliphatic heterocycles. The number of thioether (sulfide) groups is 1. The molecule has 2 aromatic rings. The molecule has 0 bridgehead atoms. The van der Waals surface area contributed by atoms with Crippen molar-refractivity contribution in [1.29, 1.82) is 0 Å². The van der Waals surface area contributed by atoms with Crippen LogP contribution in [0.15, 0.2) is 47.6 Å². The molecular formula is C24H30N4O2S. The largest absolute Gasteiger partial charge is 0.493 e. The van der Waals surface area contributed by atoms with Crippen molar-refractivity contribution in [3.8, 4) is 5.75 Å². The second kappa shape index (κ2) is 9.09. The van der Waals surface area contributed by atoms with Gasteiger partial charge >= 0.3 is 0 Å². The van der Waals surface area contributed by atoms with Gasteiger partial charge < -0.3 is 19.3 Å². The summed E-state index contributed by atoms with van der Waals surface area (Å²) in [7, 11) is 0. The van der Waals surface area contributed by atoms with Crippen LogP contribution in [-0.4, -0.2) is 59.8 Å². The number of fused-ring (bicyclic) bond motifs is 1. The molecule has 4 heterocycles. The minimum absolute atomic E-state index is 0.0218. The minimum atomic E-state index is -0.0218. The monoisotopic (exact) mass is 438 g/mol. The SMILES string of the molecule is CCOc1cc(N2CCOCC2)ccc1[C@@H]1[C@H](c2ccccn2)N=C2SC[C@H](CC)N21. The van der Waals surface area contributed by atoms with E-state index < -0.39 is 0 Å². The maximum Gasteiger partial charge on any atom is 0.160 e. The van der Waals surface area contributed by atoms with E-state index in [1.807, 2.05) is 24.0 Å². The van der Waals surface area contributed by atoms with Crippen LogP contribution < -0.4 is 9.64 Å². The lowest BCUT2D eigenvalue weighted by molar-refractivity contribution is 0.122. The number of pyridine rings is 1. The summed E-state index contributed by atoms with van der Waals surface area (Å²) in [6.07, 6.45) is 2.97. The molecule has 0 unspecified atom stereocenters. The molecule has 3 atom stereocenters. The van der Waals surface area contributed by atoms with Gasteiger partial charge in [0.05, 0.1) is 31.6 Å². The molecule has 7 heteroatoms. The Morgan fingerprint density at radius 3 is 2.77 bits per heavy atom. The molecule has 0 N–H and O–H groups in total. The smallest absolute Gasteiger partial charge is 0.160 e. The summed E-state index contributed by atoms with van der Waals surface area (Å²) in [5.74, 6) is 2.05. The van der Waals surface area contributed by atoms with Crippen LogP contribution in [0.3, 0.4) is 0 Å². The normalized spacial score (nSPS) is 25.5. The third-order valence-corrected chi connectivity index (χ3v) is 7.45. The maximum absolute atomic E-state index is 6.22. The zero-order chi connectivity index (χ0) is 21.2. The van der Waals surface area contributed by atoms with Crippen molar-refractivity contribution in [1.82, 2.24) is 9.88 Å². The van der Waals surface area contributed by atoms with Crippen molar-refractivity contribution < 1.29 is 9.47 Å². The summed E-state index contributed by atoms with van der Waals surface area (Å²) in [4.78, 5) is 14.7. The first-order chi connectivity index (χ1) is 15.3. The van der Waals surface area contributed by atoms with Gasteiger partial charge in [0.15, 0.2) is 5.17 Å². The molecule has 0 amide bonds. The van der Waals surface area contributed by atoms with Crippen molar-refractivity contribution in [2.45, 2.75) is 38.4 Å². The van der Waals surface area contributed by atoms with E-state index in [0.717, 1.165) is 55.1 Å². The summed E-state index contributed by atoms with van der Waals surface area (Å²) in [6, 6.07) is 13.4. The molecule has 6 nitrogen and oxygen atoms in total. The third-order valence-electron chi connectivity index (χ3n) is 6.32. The lowest BCUT2D eigenvalue weighted by atomic mass is 9.94. The molecule has 0 radical (unpaired) electrons. The van der Waals surface area contributed by atoms with Gasteiger partial charge in [0.2, 0.25) is 0 Å². The number of ether oxygens (including phenoxy) is 2. The van der Waals surface area contributed by atoms with Crippen LogP contribution in [-0.2, 0) is 4.74 Å². The molecule has 5 rings (SSSR count). The number of nitrogens with zero attached hydrogens (tertiary/aromatic N) is 4. The first kappa shape index (κ1) is 20.6. The Kier molecular flexibility index (Phi) is 6.05. The molecule has 0 aliphatic carbocycles. The summed E-state index contributed by atoms with van der Waals surface area (Å²) in [5.41, 5.74) is 3.42. The van der Waals surface area contributed by atoms with Crippen LogP contribution in [0.5, 0.6) is 5.75 Å². The number of aromatic nitrogens is 1. The predicted octanol–water partition coefficient (Wildman–Crippen LogP) is 4.30. The molecule has 1 aromatic heterocycles. The van der Waals surface area contributed by atoms with Crippen molar-refractivity contribution in [2.75, 3.05) is 43.6 Å². The zero-order valence-electron chi connectivity index (χ0n) is 18.2. The highest BCUT2D eigenvalue weighted by molar-refractivity contribution is 8.14. The Morgan fingerprint density at radius 2 is 2.03 bits per heavy atom. The average molecular weight is 439 g/mol. The Morgan fingerprint density at radius 1 is 1.16 bits per heavy atom. The molecule has 164 valence electrons. The maximum atomic E-state index is 6.22. The number of hydrogen-bond donors (Lipinski definition) is 0. The second-order valence-corrected chi connectivity index (χ2v) is 9.08. The minimum Gasteiger partial charge on any atom is -0.493 e. The highest BCUT2D eigenvalue weighted by Gasteiger charge is 2.46.